The van der Waals surface area contributed by atoms with Crippen LogP contribution in [0.15, 0.2) is 24.3 Å². The van der Waals surface area contributed by atoms with Gasteiger partial charge in [0, 0.05) is 12.3 Å². The Morgan fingerprint density at radius 3 is 2.18 bits per heavy atom. The summed E-state index contributed by atoms with van der Waals surface area (Å²) in [6.45, 7) is 6.32. The molecule has 0 saturated heterocycles. The first kappa shape index (κ1) is 14.0. The van der Waals surface area contributed by atoms with Crippen molar-refractivity contribution in [2.75, 3.05) is 5.88 Å². The quantitative estimate of drug-likeness (QED) is 0.798. The summed E-state index contributed by atoms with van der Waals surface area (Å²) in [4.78, 5) is 11.4. The molecule has 1 atom stereocenters. The number of carbonyl (C=O) groups excluding carboxylic acids is 1. The molecular formula is C14H20ClNO. The Morgan fingerprint density at radius 1 is 1.18 bits per heavy atom. The normalized spacial score (nSPS) is 12.5. The summed E-state index contributed by atoms with van der Waals surface area (Å²) in [5, 5.41) is 2.92. The summed E-state index contributed by atoms with van der Waals surface area (Å²) in [5.74, 6) is 0.899. The molecule has 2 nitrogen and oxygen atoms in total. The van der Waals surface area contributed by atoms with E-state index in [0.29, 0.717) is 18.2 Å². The van der Waals surface area contributed by atoms with Gasteiger partial charge in [0.25, 0.3) is 0 Å². The van der Waals surface area contributed by atoms with Crippen LogP contribution < -0.4 is 5.32 Å². The first-order valence-electron chi connectivity index (χ1n) is 5.99. The Balaban J connectivity index is 2.63. The average Bonchev–Trinajstić information content (AvgIpc) is 2.29. The molecule has 94 valence electrons. The van der Waals surface area contributed by atoms with Crippen LogP contribution in [0.3, 0.4) is 0 Å². The molecule has 1 N–H and O–H groups in total. The van der Waals surface area contributed by atoms with E-state index in [1.54, 1.807) is 0 Å². The number of hydrogen-bond acceptors (Lipinski definition) is 1. The van der Waals surface area contributed by atoms with Gasteiger partial charge in [-0.1, -0.05) is 38.1 Å². The zero-order valence-corrected chi connectivity index (χ0v) is 11.4. The fourth-order valence-corrected chi connectivity index (χ4v) is 1.82. The molecule has 1 unspecified atom stereocenters. The second-order valence-electron chi connectivity index (χ2n) is 4.55. The molecule has 0 aromatic heterocycles. The minimum atomic E-state index is 0.000404. The van der Waals surface area contributed by atoms with Gasteiger partial charge in [-0.15, -0.1) is 11.6 Å². The van der Waals surface area contributed by atoms with Gasteiger partial charge >= 0.3 is 0 Å². The van der Waals surface area contributed by atoms with Gasteiger partial charge in [-0.3, -0.25) is 4.79 Å². The van der Waals surface area contributed by atoms with Crippen LogP contribution in [0.5, 0.6) is 0 Å². The highest BCUT2D eigenvalue weighted by Gasteiger charge is 2.09. The van der Waals surface area contributed by atoms with Crippen LogP contribution in [0, 0.1) is 0 Å². The number of rotatable bonds is 5. The monoisotopic (exact) mass is 253 g/mol. The summed E-state index contributed by atoms with van der Waals surface area (Å²) in [5.41, 5.74) is 2.44. The summed E-state index contributed by atoms with van der Waals surface area (Å²) < 4.78 is 0. The molecule has 0 radical (unpaired) electrons. The molecular weight excluding hydrogens is 234 g/mol. The maximum Gasteiger partial charge on any atom is 0.221 e. The van der Waals surface area contributed by atoms with Gasteiger partial charge in [0.15, 0.2) is 0 Å². The van der Waals surface area contributed by atoms with Gasteiger partial charge in [0.2, 0.25) is 5.91 Å². The first-order chi connectivity index (χ1) is 8.04. The fraction of sp³-hybridized carbons (Fsp3) is 0.500. The second-order valence-corrected chi connectivity index (χ2v) is 4.93. The van der Waals surface area contributed by atoms with Crippen LogP contribution in [-0.4, -0.2) is 11.8 Å². The molecule has 0 saturated carbocycles. The minimum Gasteiger partial charge on any atom is -0.350 e. The molecule has 17 heavy (non-hydrogen) atoms. The SMILES string of the molecule is CC(C)c1ccc(C(C)NC(=O)CCCl)cc1. The number of alkyl halides is 1. The molecule has 1 amide bonds. The van der Waals surface area contributed by atoms with Crippen LogP contribution in [0.25, 0.3) is 0 Å². The minimum absolute atomic E-state index is 0.000404. The zero-order valence-electron chi connectivity index (χ0n) is 10.7. The van der Waals surface area contributed by atoms with Gasteiger partial charge in [-0.05, 0) is 24.0 Å². The van der Waals surface area contributed by atoms with Crippen molar-refractivity contribution in [3.8, 4) is 0 Å². The van der Waals surface area contributed by atoms with E-state index >= 15 is 0 Å². The predicted molar refractivity (Wildman–Crippen MR) is 72.4 cm³/mol. The molecule has 3 heteroatoms. The molecule has 0 aliphatic rings. The van der Waals surface area contributed by atoms with Crippen molar-refractivity contribution in [1.29, 1.82) is 0 Å². The van der Waals surface area contributed by atoms with Gasteiger partial charge in [-0.25, -0.2) is 0 Å². The maximum atomic E-state index is 11.4. The van der Waals surface area contributed by atoms with Crippen molar-refractivity contribution in [3.63, 3.8) is 0 Å². The molecule has 0 fully saturated rings. The van der Waals surface area contributed by atoms with Crippen molar-refractivity contribution < 1.29 is 4.79 Å². The Kier molecular flexibility index (Phi) is 5.49. The fourth-order valence-electron chi connectivity index (χ4n) is 1.65. The van der Waals surface area contributed by atoms with Crippen LogP contribution in [0.4, 0.5) is 0 Å². The molecule has 0 spiro atoms. The van der Waals surface area contributed by atoms with Crippen molar-refractivity contribution in [2.45, 2.75) is 39.2 Å². The number of carbonyl (C=O) groups is 1. The molecule has 0 heterocycles. The van der Waals surface area contributed by atoms with Crippen molar-refractivity contribution in [1.82, 2.24) is 5.32 Å². The van der Waals surface area contributed by atoms with E-state index in [1.807, 2.05) is 6.92 Å². The third kappa shape index (κ3) is 4.39. The standard InChI is InChI=1S/C14H20ClNO/c1-10(2)12-4-6-13(7-5-12)11(3)16-14(17)8-9-15/h4-7,10-11H,8-9H2,1-3H3,(H,16,17). The number of amides is 1. The van der Waals surface area contributed by atoms with E-state index in [9.17, 15) is 4.79 Å². The van der Waals surface area contributed by atoms with E-state index in [2.05, 4.69) is 43.4 Å². The van der Waals surface area contributed by atoms with Gasteiger partial charge in [0.05, 0.1) is 6.04 Å². The third-order valence-corrected chi connectivity index (χ3v) is 2.99. The van der Waals surface area contributed by atoms with E-state index < -0.39 is 0 Å². The summed E-state index contributed by atoms with van der Waals surface area (Å²) in [7, 11) is 0. The lowest BCUT2D eigenvalue weighted by molar-refractivity contribution is -0.121. The van der Waals surface area contributed by atoms with Crippen LogP contribution in [-0.2, 0) is 4.79 Å². The topological polar surface area (TPSA) is 29.1 Å². The Labute approximate surface area is 108 Å². The zero-order chi connectivity index (χ0) is 12.8. The Morgan fingerprint density at radius 2 is 1.71 bits per heavy atom. The summed E-state index contributed by atoms with van der Waals surface area (Å²) in [6, 6.07) is 8.41. The summed E-state index contributed by atoms with van der Waals surface area (Å²) in [6.07, 6.45) is 0.371. The van der Waals surface area contributed by atoms with E-state index in [0.717, 1.165) is 5.56 Å². The molecule has 0 aliphatic heterocycles. The largest absolute Gasteiger partial charge is 0.350 e. The number of benzene rings is 1. The van der Waals surface area contributed by atoms with E-state index in [-0.39, 0.29) is 11.9 Å². The van der Waals surface area contributed by atoms with Crippen LogP contribution in [0.1, 0.15) is 50.3 Å². The van der Waals surface area contributed by atoms with Crippen molar-refractivity contribution >= 4 is 17.5 Å². The van der Waals surface area contributed by atoms with E-state index in [1.165, 1.54) is 5.56 Å². The highest BCUT2D eigenvalue weighted by Crippen LogP contribution is 2.18. The number of hydrogen-bond donors (Lipinski definition) is 1. The van der Waals surface area contributed by atoms with Crippen molar-refractivity contribution in [2.24, 2.45) is 0 Å². The molecule has 1 aromatic carbocycles. The predicted octanol–water partition coefficient (Wildman–Crippen LogP) is 3.62. The average molecular weight is 254 g/mol. The maximum absolute atomic E-state index is 11.4. The number of halogens is 1. The lowest BCUT2D eigenvalue weighted by Gasteiger charge is -2.15. The van der Waals surface area contributed by atoms with Crippen LogP contribution >= 0.6 is 11.6 Å². The second kappa shape index (κ2) is 6.65. The molecule has 0 bridgehead atoms. The highest BCUT2D eigenvalue weighted by molar-refractivity contribution is 6.18. The molecule has 1 aromatic rings. The highest BCUT2D eigenvalue weighted by atomic mass is 35.5. The summed E-state index contributed by atoms with van der Waals surface area (Å²) >= 11 is 5.52. The van der Waals surface area contributed by atoms with Gasteiger partial charge < -0.3 is 5.32 Å². The van der Waals surface area contributed by atoms with E-state index in [4.69, 9.17) is 11.6 Å². The lowest BCUT2D eigenvalue weighted by atomic mass is 9.99. The Bertz CT molecular complexity index is 359. The van der Waals surface area contributed by atoms with Gasteiger partial charge in [0.1, 0.15) is 0 Å². The Hall–Kier alpha value is -1.02. The molecule has 1 rings (SSSR count). The van der Waals surface area contributed by atoms with Crippen molar-refractivity contribution in [3.05, 3.63) is 35.4 Å². The van der Waals surface area contributed by atoms with Crippen LogP contribution in [0.2, 0.25) is 0 Å². The molecule has 0 aliphatic carbocycles. The smallest absolute Gasteiger partial charge is 0.221 e. The lowest BCUT2D eigenvalue weighted by Crippen LogP contribution is -2.26. The third-order valence-electron chi connectivity index (χ3n) is 2.80. The first-order valence-corrected chi connectivity index (χ1v) is 6.53. The number of nitrogens with one attached hydrogen (secondary N) is 1. The van der Waals surface area contributed by atoms with Gasteiger partial charge in [-0.2, -0.15) is 0 Å².